The number of thiophene rings is 1. The minimum absolute atomic E-state index is 0.115. The predicted octanol–water partition coefficient (Wildman–Crippen LogP) is 1.88. The molecule has 0 aliphatic heterocycles. The van der Waals surface area contributed by atoms with Crippen molar-refractivity contribution in [3.63, 3.8) is 0 Å². The van der Waals surface area contributed by atoms with Gasteiger partial charge >= 0.3 is 5.97 Å². The van der Waals surface area contributed by atoms with Crippen LogP contribution in [0.25, 0.3) is 10.7 Å². The standard InChI is InChI=1S/C11H12N2O3S/c1-16-7-8(11(14)15)13-5-4-12-10(13)9-3-2-6-17-9/h2-6,8H,7H2,1H3,(H,14,15). The minimum atomic E-state index is -0.928. The zero-order valence-corrected chi connectivity index (χ0v) is 10.1. The van der Waals surface area contributed by atoms with E-state index in [4.69, 9.17) is 4.74 Å². The number of hydrogen-bond donors (Lipinski definition) is 1. The molecule has 2 heterocycles. The lowest BCUT2D eigenvalue weighted by Gasteiger charge is -2.15. The third-order valence-electron chi connectivity index (χ3n) is 2.36. The highest BCUT2D eigenvalue weighted by Gasteiger charge is 2.22. The third kappa shape index (κ3) is 2.37. The van der Waals surface area contributed by atoms with Gasteiger partial charge in [0, 0.05) is 19.5 Å². The molecule has 0 amide bonds. The maximum atomic E-state index is 11.2. The molecule has 1 atom stereocenters. The smallest absolute Gasteiger partial charge is 0.329 e. The van der Waals surface area contributed by atoms with E-state index in [1.54, 1.807) is 17.0 Å². The molecule has 6 heteroatoms. The Kier molecular flexibility index (Phi) is 3.55. The Balaban J connectivity index is 2.38. The largest absolute Gasteiger partial charge is 0.480 e. The van der Waals surface area contributed by atoms with Crippen LogP contribution in [0.1, 0.15) is 6.04 Å². The second kappa shape index (κ2) is 5.11. The Morgan fingerprint density at radius 3 is 3.12 bits per heavy atom. The topological polar surface area (TPSA) is 64.3 Å². The number of carboxylic acid groups (broad SMARTS) is 1. The molecule has 5 nitrogen and oxygen atoms in total. The molecule has 2 aromatic heterocycles. The molecule has 2 aromatic rings. The number of aromatic nitrogens is 2. The second-order valence-corrected chi connectivity index (χ2v) is 4.39. The molecule has 0 aliphatic carbocycles. The molecular formula is C11H12N2O3S. The van der Waals surface area contributed by atoms with Crippen molar-refractivity contribution in [1.29, 1.82) is 0 Å². The van der Waals surface area contributed by atoms with Gasteiger partial charge in [-0.2, -0.15) is 0 Å². The van der Waals surface area contributed by atoms with E-state index in [2.05, 4.69) is 4.98 Å². The lowest BCUT2D eigenvalue weighted by atomic mass is 10.3. The summed E-state index contributed by atoms with van der Waals surface area (Å²) >= 11 is 1.52. The zero-order valence-electron chi connectivity index (χ0n) is 9.24. The van der Waals surface area contributed by atoms with Crippen molar-refractivity contribution >= 4 is 17.3 Å². The Morgan fingerprint density at radius 1 is 1.71 bits per heavy atom. The number of rotatable bonds is 5. The van der Waals surface area contributed by atoms with E-state index in [9.17, 15) is 9.90 Å². The molecule has 90 valence electrons. The third-order valence-corrected chi connectivity index (χ3v) is 3.22. The lowest BCUT2D eigenvalue weighted by Crippen LogP contribution is -2.23. The highest BCUT2D eigenvalue weighted by molar-refractivity contribution is 7.13. The molecule has 2 rings (SSSR count). The van der Waals surface area contributed by atoms with Gasteiger partial charge in [-0.15, -0.1) is 11.3 Å². The maximum Gasteiger partial charge on any atom is 0.329 e. The fourth-order valence-corrected chi connectivity index (χ4v) is 2.31. The van der Waals surface area contributed by atoms with Crippen molar-refractivity contribution in [3.05, 3.63) is 29.9 Å². The van der Waals surface area contributed by atoms with Crippen LogP contribution in [0.4, 0.5) is 0 Å². The number of carboxylic acids is 1. The summed E-state index contributed by atoms with van der Waals surface area (Å²) in [5.74, 6) is -0.271. The Hall–Kier alpha value is -1.66. The number of imidazole rings is 1. The van der Waals surface area contributed by atoms with Gasteiger partial charge in [0.1, 0.15) is 0 Å². The molecule has 0 aliphatic rings. The van der Waals surface area contributed by atoms with Crippen LogP contribution in [0, 0.1) is 0 Å². The number of carbonyl (C=O) groups is 1. The molecule has 0 spiro atoms. The summed E-state index contributed by atoms with van der Waals surface area (Å²) in [5.41, 5.74) is 0. The summed E-state index contributed by atoms with van der Waals surface area (Å²) in [6.45, 7) is 0.115. The van der Waals surface area contributed by atoms with Gasteiger partial charge in [-0.25, -0.2) is 9.78 Å². The average molecular weight is 252 g/mol. The summed E-state index contributed by atoms with van der Waals surface area (Å²) < 4.78 is 6.56. The van der Waals surface area contributed by atoms with Crippen molar-refractivity contribution in [1.82, 2.24) is 9.55 Å². The molecule has 17 heavy (non-hydrogen) atoms. The van der Waals surface area contributed by atoms with Gasteiger partial charge in [-0.1, -0.05) is 6.07 Å². The molecule has 0 saturated carbocycles. The Bertz CT molecular complexity index is 493. The normalized spacial score (nSPS) is 12.5. The maximum absolute atomic E-state index is 11.2. The first-order valence-electron chi connectivity index (χ1n) is 5.02. The van der Waals surface area contributed by atoms with Gasteiger partial charge in [0.15, 0.2) is 11.9 Å². The van der Waals surface area contributed by atoms with Crippen molar-refractivity contribution in [2.45, 2.75) is 6.04 Å². The number of nitrogens with zero attached hydrogens (tertiary/aromatic N) is 2. The fraction of sp³-hybridized carbons (Fsp3) is 0.273. The van der Waals surface area contributed by atoms with Crippen LogP contribution in [0.3, 0.4) is 0 Å². The molecule has 1 N–H and O–H groups in total. The van der Waals surface area contributed by atoms with Gasteiger partial charge in [0.2, 0.25) is 0 Å². The van der Waals surface area contributed by atoms with Crippen LogP contribution in [-0.2, 0) is 9.53 Å². The van der Waals surface area contributed by atoms with Crippen LogP contribution in [0.15, 0.2) is 29.9 Å². The van der Waals surface area contributed by atoms with Gasteiger partial charge in [0.25, 0.3) is 0 Å². The second-order valence-electron chi connectivity index (χ2n) is 3.44. The number of hydrogen-bond acceptors (Lipinski definition) is 4. The van der Waals surface area contributed by atoms with Gasteiger partial charge in [-0.05, 0) is 11.4 Å². The van der Waals surface area contributed by atoms with Crippen LogP contribution >= 0.6 is 11.3 Å². The summed E-state index contributed by atoms with van der Waals surface area (Å²) in [6, 6.07) is 3.07. The summed E-state index contributed by atoms with van der Waals surface area (Å²) in [6.07, 6.45) is 3.26. The number of aliphatic carboxylic acids is 1. The van der Waals surface area contributed by atoms with Crippen LogP contribution < -0.4 is 0 Å². The fourth-order valence-electron chi connectivity index (χ4n) is 1.59. The van der Waals surface area contributed by atoms with E-state index in [-0.39, 0.29) is 6.61 Å². The quantitative estimate of drug-likeness (QED) is 0.882. The van der Waals surface area contributed by atoms with Gasteiger partial charge < -0.3 is 14.4 Å². The van der Waals surface area contributed by atoms with Crippen molar-refractivity contribution in [2.24, 2.45) is 0 Å². The Morgan fingerprint density at radius 2 is 2.53 bits per heavy atom. The van der Waals surface area contributed by atoms with Crippen LogP contribution in [0.2, 0.25) is 0 Å². The highest BCUT2D eigenvalue weighted by Crippen LogP contribution is 2.25. The zero-order chi connectivity index (χ0) is 12.3. The van der Waals surface area contributed by atoms with Crippen molar-refractivity contribution in [2.75, 3.05) is 13.7 Å². The predicted molar refractivity (Wildman–Crippen MR) is 64.1 cm³/mol. The van der Waals surface area contributed by atoms with Crippen molar-refractivity contribution in [3.8, 4) is 10.7 Å². The molecule has 0 aromatic carbocycles. The first kappa shape index (κ1) is 11.8. The van der Waals surface area contributed by atoms with Gasteiger partial charge in [-0.3, -0.25) is 0 Å². The van der Waals surface area contributed by atoms with Crippen molar-refractivity contribution < 1.29 is 14.6 Å². The van der Waals surface area contributed by atoms with Crippen LogP contribution in [-0.4, -0.2) is 34.3 Å². The minimum Gasteiger partial charge on any atom is -0.480 e. The highest BCUT2D eigenvalue weighted by atomic mass is 32.1. The summed E-state index contributed by atoms with van der Waals surface area (Å²) in [7, 11) is 1.48. The van der Waals surface area contributed by atoms with E-state index in [1.807, 2.05) is 17.5 Å². The first-order valence-corrected chi connectivity index (χ1v) is 5.90. The van der Waals surface area contributed by atoms with E-state index in [0.717, 1.165) is 4.88 Å². The molecule has 0 bridgehead atoms. The van der Waals surface area contributed by atoms with E-state index < -0.39 is 12.0 Å². The van der Waals surface area contributed by atoms with E-state index >= 15 is 0 Å². The molecule has 0 fully saturated rings. The molecule has 1 unspecified atom stereocenters. The molecule has 0 saturated heterocycles. The molecular weight excluding hydrogens is 240 g/mol. The number of ether oxygens (including phenoxy) is 1. The van der Waals surface area contributed by atoms with Crippen LogP contribution in [0.5, 0.6) is 0 Å². The summed E-state index contributed by atoms with van der Waals surface area (Å²) in [5, 5.41) is 11.1. The van der Waals surface area contributed by atoms with E-state index in [0.29, 0.717) is 5.82 Å². The van der Waals surface area contributed by atoms with Gasteiger partial charge in [0.05, 0.1) is 11.5 Å². The SMILES string of the molecule is COCC(C(=O)O)n1ccnc1-c1cccs1. The lowest BCUT2D eigenvalue weighted by molar-refractivity contribution is -0.142. The average Bonchev–Trinajstić information content (AvgIpc) is 2.95. The molecule has 0 radical (unpaired) electrons. The first-order chi connectivity index (χ1) is 8.24. The monoisotopic (exact) mass is 252 g/mol. The Labute approximate surface area is 102 Å². The van der Waals surface area contributed by atoms with E-state index in [1.165, 1.54) is 18.4 Å². The summed E-state index contributed by atoms with van der Waals surface area (Å²) in [4.78, 5) is 16.3. The number of methoxy groups -OCH3 is 1.